The van der Waals surface area contributed by atoms with Gasteiger partial charge in [0, 0.05) is 11.3 Å². The molecule has 2 heterocycles. The molecule has 28 heavy (non-hydrogen) atoms. The molecule has 0 atom stereocenters. The van der Waals surface area contributed by atoms with Gasteiger partial charge in [0.15, 0.2) is 11.5 Å². The van der Waals surface area contributed by atoms with Crippen molar-refractivity contribution >= 4 is 23.5 Å². The van der Waals surface area contributed by atoms with Crippen LogP contribution >= 0.6 is 11.8 Å². The summed E-state index contributed by atoms with van der Waals surface area (Å²) in [6, 6.07) is 10.9. The van der Waals surface area contributed by atoms with Gasteiger partial charge in [-0.3, -0.25) is 4.79 Å². The molecule has 0 aliphatic rings. The molecular weight excluding hydrogens is 380 g/mol. The Hall–Kier alpha value is -3.07. The minimum absolute atomic E-state index is 0.136. The first kappa shape index (κ1) is 19.7. The average Bonchev–Trinajstić information content (AvgIpc) is 3.16. The van der Waals surface area contributed by atoms with Crippen LogP contribution in [0.2, 0.25) is 0 Å². The van der Waals surface area contributed by atoms with Crippen LogP contribution < -0.4 is 14.8 Å². The molecule has 0 aliphatic carbocycles. The van der Waals surface area contributed by atoms with Gasteiger partial charge in [0.2, 0.25) is 17.6 Å². The van der Waals surface area contributed by atoms with Crippen molar-refractivity contribution in [2.75, 3.05) is 25.3 Å². The van der Waals surface area contributed by atoms with Crippen LogP contribution in [0.3, 0.4) is 0 Å². The molecule has 1 aromatic carbocycles. The standard InChI is InChI=1S/C19H20N4O4S/c1-12-5-4-6-16(20-12)21-17(24)10-28-11-18-22-19(23-27-18)13-7-8-14(25-2)15(9-13)26-3/h4-9H,10-11H2,1-3H3,(H,20,21,24). The van der Waals surface area contributed by atoms with Crippen molar-refractivity contribution in [1.29, 1.82) is 0 Å². The van der Waals surface area contributed by atoms with E-state index in [4.69, 9.17) is 14.0 Å². The molecule has 1 N–H and O–H groups in total. The Morgan fingerprint density at radius 1 is 1.14 bits per heavy atom. The van der Waals surface area contributed by atoms with E-state index in [1.165, 1.54) is 11.8 Å². The van der Waals surface area contributed by atoms with Gasteiger partial charge in [-0.05, 0) is 37.3 Å². The molecule has 0 bridgehead atoms. The Kier molecular flexibility index (Phi) is 6.49. The largest absolute Gasteiger partial charge is 0.493 e. The monoisotopic (exact) mass is 400 g/mol. The van der Waals surface area contributed by atoms with E-state index in [1.807, 2.05) is 25.1 Å². The molecule has 0 radical (unpaired) electrons. The van der Waals surface area contributed by atoms with E-state index in [9.17, 15) is 4.79 Å². The number of benzene rings is 1. The minimum Gasteiger partial charge on any atom is -0.493 e. The number of methoxy groups -OCH3 is 2. The van der Waals surface area contributed by atoms with Gasteiger partial charge in [0.25, 0.3) is 0 Å². The van der Waals surface area contributed by atoms with Crippen LogP contribution in [0.25, 0.3) is 11.4 Å². The van der Waals surface area contributed by atoms with E-state index in [-0.39, 0.29) is 11.7 Å². The number of nitrogens with one attached hydrogen (secondary N) is 1. The topological polar surface area (TPSA) is 99.4 Å². The maximum Gasteiger partial charge on any atom is 0.236 e. The van der Waals surface area contributed by atoms with Gasteiger partial charge in [-0.1, -0.05) is 11.2 Å². The van der Waals surface area contributed by atoms with Crippen molar-refractivity contribution in [3.8, 4) is 22.9 Å². The number of thioether (sulfide) groups is 1. The van der Waals surface area contributed by atoms with Crippen molar-refractivity contribution in [3.63, 3.8) is 0 Å². The molecule has 146 valence electrons. The lowest BCUT2D eigenvalue weighted by atomic mass is 10.2. The van der Waals surface area contributed by atoms with Crippen molar-refractivity contribution in [3.05, 3.63) is 48.0 Å². The summed E-state index contributed by atoms with van der Waals surface area (Å²) in [5, 5.41) is 6.75. The maximum absolute atomic E-state index is 12.0. The molecule has 8 nitrogen and oxygen atoms in total. The van der Waals surface area contributed by atoms with E-state index >= 15 is 0 Å². The number of aromatic nitrogens is 3. The lowest BCUT2D eigenvalue weighted by molar-refractivity contribution is -0.113. The molecule has 0 spiro atoms. The van der Waals surface area contributed by atoms with Crippen LogP contribution in [0.1, 0.15) is 11.6 Å². The van der Waals surface area contributed by atoms with Gasteiger partial charge in [0.1, 0.15) is 5.82 Å². The molecule has 2 aromatic heterocycles. The van der Waals surface area contributed by atoms with Crippen LogP contribution in [0.5, 0.6) is 11.5 Å². The molecule has 0 fully saturated rings. The van der Waals surface area contributed by atoms with Crippen molar-refractivity contribution < 1.29 is 18.8 Å². The molecule has 0 aliphatic heterocycles. The average molecular weight is 400 g/mol. The van der Waals surface area contributed by atoms with Crippen LogP contribution in [0, 0.1) is 6.92 Å². The van der Waals surface area contributed by atoms with Gasteiger partial charge in [0.05, 0.1) is 25.7 Å². The number of rotatable bonds is 8. The van der Waals surface area contributed by atoms with Gasteiger partial charge in [-0.15, -0.1) is 11.8 Å². The van der Waals surface area contributed by atoms with E-state index in [0.717, 1.165) is 11.3 Å². The van der Waals surface area contributed by atoms with Crippen molar-refractivity contribution in [2.45, 2.75) is 12.7 Å². The third kappa shape index (κ3) is 5.01. The minimum atomic E-state index is -0.136. The lowest BCUT2D eigenvalue weighted by Gasteiger charge is -2.07. The second kappa shape index (κ2) is 9.23. The predicted molar refractivity (Wildman–Crippen MR) is 107 cm³/mol. The zero-order chi connectivity index (χ0) is 19.9. The highest BCUT2D eigenvalue weighted by molar-refractivity contribution is 7.99. The molecule has 0 unspecified atom stereocenters. The molecule has 1 amide bonds. The number of carbonyl (C=O) groups is 1. The maximum atomic E-state index is 12.0. The quantitative estimate of drug-likeness (QED) is 0.615. The third-order valence-electron chi connectivity index (χ3n) is 3.72. The highest BCUT2D eigenvalue weighted by Crippen LogP contribution is 2.31. The molecule has 3 rings (SSSR count). The summed E-state index contributed by atoms with van der Waals surface area (Å²) >= 11 is 1.38. The fourth-order valence-electron chi connectivity index (χ4n) is 2.43. The SMILES string of the molecule is COc1ccc(-c2noc(CSCC(=O)Nc3cccc(C)n3)n2)cc1OC. The predicted octanol–water partition coefficient (Wildman–Crippen LogP) is 3.33. The van der Waals surface area contributed by atoms with E-state index in [0.29, 0.717) is 34.8 Å². The zero-order valence-electron chi connectivity index (χ0n) is 15.8. The summed E-state index contributed by atoms with van der Waals surface area (Å²) < 4.78 is 15.8. The number of aryl methyl sites for hydroxylation is 1. The van der Waals surface area contributed by atoms with E-state index in [2.05, 4.69) is 20.4 Å². The summed E-state index contributed by atoms with van der Waals surface area (Å²) in [5.41, 5.74) is 1.60. The molecular formula is C19H20N4O4S. The first-order valence-electron chi connectivity index (χ1n) is 8.45. The lowest BCUT2D eigenvalue weighted by Crippen LogP contribution is -2.15. The number of pyridine rings is 1. The Bertz CT molecular complexity index is 961. The smallest absolute Gasteiger partial charge is 0.236 e. The van der Waals surface area contributed by atoms with Crippen LogP contribution in [0.4, 0.5) is 5.82 Å². The van der Waals surface area contributed by atoms with Gasteiger partial charge < -0.3 is 19.3 Å². The zero-order valence-corrected chi connectivity index (χ0v) is 16.6. The van der Waals surface area contributed by atoms with Crippen molar-refractivity contribution in [2.24, 2.45) is 0 Å². The number of amides is 1. The van der Waals surface area contributed by atoms with Crippen molar-refractivity contribution in [1.82, 2.24) is 15.1 Å². The number of ether oxygens (including phenoxy) is 2. The summed E-state index contributed by atoms with van der Waals surface area (Å²) in [4.78, 5) is 20.6. The Labute approximate surface area is 166 Å². The number of hydrogen-bond donors (Lipinski definition) is 1. The Morgan fingerprint density at radius 2 is 1.96 bits per heavy atom. The number of nitrogens with zero attached hydrogens (tertiary/aromatic N) is 3. The van der Waals surface area contributed by atoms with Gasteiger partial charge in [-0.2, -0.15) is 4.98 Å². The summed E-state index contributed by atoms with van der Waals surface area (Å²) in [7, 11) is 3.14. The fraction of sp³-hybridized carbons (Fsp3) is 0.263. The van der Waals surface area contributed by atoms with Crippen LogP contribution in [-0.2, 0) is 10.5 Å². The summed E-state index contributed by atoms with van der Waals surface area (Å²) in [6.45, 7) is 1.87. The molecule has 0 saturated heterocycles. The Balaban J connectivity index is 1.54. The molecule has 0 saturated carbocycles. The van der Waals surface area contributed by atoms with Crippen LogP contribution in [-0.4, -0.2) is 41.0 Å². The molecule has 3 aromatic rings. The number of hydrogen-bond acceptors (Lipinski definition) is 8. The normalized spacial score (nSPS) is 10.5. The Morgan fingerprint density at radius 3 is 2.71 bits per heavy atom. The van der Waals surface area contributed by atoms with E-state index < -0.39 is 0 Å². The number of carbonyl (C=O) groups excluding carboxylic acids is 1. The second-order valence-corrected chi connectivity index (χ2v) is 6.77. The highest BCUT2D eigenvalue weighted by atomic mass is 32.2. The van der Waals surface area contributed by atoms with Gasteiger partial charge >= 0.3 is 0 Å². The number of anilines is 1. The fourth-order valence-corrected chi connectivity index (χ4v) is 3.08. The first-order chi connectivity index (χ1) is 13.6. The third-order valence-corrected chi connectivity index (χ3v) is 4.64. The first-order valence-corrected chi connectivity index (χ1v) is 9.60. The second-order valence-electron chi connectivity index (χ2n) is 5.79. The van der Waals surface area contributed by atoms with Crippen LogP contribution in [0.15, 0.2) is 40.9 Å². The van der Waals surface area contributed by atoms with E-state index in [1.54, 1.807) is 32.4 Å². The summed E-state index contributed by atoms with van der Waals surface area (Å²) in [5.74, 6) is 3.18. The summed E-state index contributed by atoms with van der Waals surface area (Å²) in [6.07, 6.45) is 0. The molecule has 9 heteroatoms. The van der Waals surface area contributed by atoms with Gasteiger partial charge in [-0.25, -0.2) is 4.98 Å². The highest BCUT2D eigenvalue weighted by Gasteiger charge is 2.13.